The summed E-state index contributed by atoms with van der Waals surface area (Å²) in [6.45, 7) is 1.03. The fraction of sp³-hybridized carbons (Fsp3) is 1.00. The molecule has 0 spiro atoms. The first-order chi connectivity index (χ1) is 4.43. The molecule has 3 aliphatic rings. The van der Waals surface area contributed by atoms with Gasteiger partial charge in [-0.15, -0.1) is 0 Å². The molecule has 2 bridgehead atoms. The van der Waals surface area contributed by atoms with Crippen LogP contribution in [0.5, 0.6) is 0 Å². The molecular weight excluding hydrogens is 114 g/mol. The monoisotopic (exact) mass is 125 g/mol. The average molecular weight is 125 g/mol. The third-order valence-electron chi connectivity index (χ3n) is 2.87. The average Bonchev–Trinajstić information content (AvgIpc) is 2.50. The lowest BCUT2D eigenvalue weighted by molar-refractivity contribution is 0.0852. The van der Waals surface area contributed by atoms with Gasteiger partial charge in [-0.3, -0.25) is 5.32 Å². The van der Waals surface area contributed by atoms with Gasteiger partial charge in [0, 0.05) is 6.04 Å². The van der Waals surface area contributed by atoms with Gasteiger partial charge in [-0.1, -0.05) is 0 Å². The first-order valence-electron chi connectivity index (χ1n) is 3.81. The number of hydrogen-bond acceptors (Lipinski definition) is 2. The molecule has 2 saturated heterocycles. The lowest BCUT2D eigenvalue weighted by atomic mass is 10.00. The molecule has 50 valence electrons. The molecule has 4 atom stereocenters. The minimum atomic E-state index is 0.429. The van der Waals surface area contributed by atoms with Crippen LogP contribution in [0.25, 0.3) is 0 Å². The van der Waals surface area contributed by atoms with E-state index in [1.807, 2.05) is 0 Å². The van der Waals surface area contributed by atoms with Gasteiger partial charge >= 0.3 is 0 Å². The SMILES string of the molecule is C1OC2CC1C1CC1N2. The summed E-state index contributed by atoms with van der Waals surface area (Å²) in [5, 5.41) is 3.46. The Labute approximate surface area is 54.6 Å². The molecule has 2 heterocycles. The quantitative estimate of drug-likeness (QED) is 0.504. The Morgan fingerprint density at radius 2 is 2.33 bits per heavy atom. The number of nitrogens with one attached hydrogen (secondary N) is 1. The summed E-state index contributed by atoms with van der Waals surface area (Å²) in [6, 6.07) is 0.844. The number of ether oxygens (including phenoxy) is 1. The molecule has 1 saturated carbocycles. The summed E-state index contributed by atoms with van der Waals surface area (Å²) in [5.74, 6) is 1.91. The van der Waals surface area contributed by atoms with Crippen molar-refractivity contribution in [2.24, 2.45) is 11.8 Å². The number of fused-ring (bicyclic) bond motifs is 4. The van der Waals surface area contributed by atoms with Crippen molar-refractivity contribution in [1.82, 2.24) is 5.32 Å². The first-order valence-corrected chi connectivity index (χ1v) is 3.81. The molecule has 0 aromatic rings. The third-order valence-corrected chi connectivity index (χ3v) is 2.87. The van der Waals surface area contributed by atoms with Crippen LogP contribution in [-0.4, -0.2) is 18.9 Å². The second-order valence-corrected chi connectivity index (χ2v) is 3.49. The van der Waals surface area contributed by atoms with Crippen LogP contribution in [0.15, 0.2) is 0 Å². The van der Waals surface area contributed by atoms with E-state index in [2.05, 4.69) is 5.32 Å². The molecule has 3 fully saturated rings. The van der Waals surface area contributed by atoms with Crippen LogP contribution in [0.3, 0.4) is 0 Å². The normalized spacial score (nSPS) is 61.3. The zero-order chi connectivity index (χ0) is 5.84. The van der Waals surface area contributed by atoms with Gasteiger partial charge < -0.3 is 4.74 Å². The molecule has 1 N–H and O–H groups in total. The number of piperidine rings is 1. The molecule has 2 nitrogen and oxygen atoms in total. The largest absolute Gasteiger partial charge is 0.363 e. The van der Waals surface area contributed by atoms with E-state index in [1.165, 1.54) is 12.8 Å². The summed E-state index contributed by atoms with van der Waals surface area (Å²) in [7, 11) is 0. The van der Waals surface area contributed by atoms with Crippen molar-refractivity contribution >= 4 is 0 Å². The molecule has 0 aromatic heterocycles. The maximum atomic E-state index is 5.47. The highest BCUT2D eigenvalue weighted by molar-refractivity contribution is 5.04. The fourth-order valence-electron chi connectivity index (χ4n) is 2.23. The summed E-state index contributed by atoms with van der Waals surface area (Å²) in [5.41, 5.74) is 0. The zero-order valence-corrected chi connectivity index (χ0v) is 5.34. The van der Waals surface area contributed by atoms with Crippen LogP contribution < -0.4 is 5.32 Å². The predicted octanol–water partition coefficient (Wildman–Crippen LogP) is 0.341. The van der Waals surface area contributed by atoms with Crippen LogP contribution in [0.4, 0.5) is 0 Å². The molecule has 4 unspecified atom stereocenters. The van der Waals surface area contributed by atoms with Crippen LogP contribution in [0.1, 0.15) is 12.8 Å². The smallest absolute Gasteiger partial charge is 0.108 e. The Morgan fingerprint density at radius 3 is 3.33 bits per heavy atom. The zero-order valence-electron chi connectivity index (χ0n) is 5.34. The molecule has 0 radical (unpaired) electrons. The van der Waals surface area contributed by atoms with E-state index >= 15 is 0 Å². The van der Waals surface area contributed by atoms with Crippen LogP contribution in [0.2, 0.25) is 0 Å². The molecule has 2 aliphatic heterocycles. The van der Waals surface area contributed by atoms with E-state index in [-0.39, 0.29) is 0 Å². The van der Waals surface area contributed by atoms with E-state index < -0.39 is 0 Å². The van der Waals surface area contributed by atoms with Gasteiger partial charge in [0.05, 0.1) is 6.61 Å². The van der Waals surface area contributed by atoms with Gasteiger partial charge in [-0.25, -0.2) is 0 Å². The fourth-order valence-corrected chi connectivity index (χ4v) is 2.23. The Balaban J connectivity index is 1.90. The second-order valence-electron chi connectivity index (χ2n) is 3.49. The predicted molar refractivity (Wildman–Crippen MR) is 32.9 cm³/mol. The highest BCUT2D eigenvalue weighted by atomic mass is 16.5. The summed E-state index contributed by atoms with van der Waals surface area (Å²) in [6.07, 6.45) is 3.13. The third kappa shape index (κ3) is 0.528. The first kappa shape index (κ1) is 4.69. The van der Waals surface area contributed by atoms with Crippen LogP contribution >= 0.6 is 0 Å². The van der Waals surface area contributed by atoms with E-state index in [9.17, 15) is 0 Å². The van der Waals surface area contributed by atoms with Crippen molar-refractivity contribution < 1.29 is 4.74 Å². The van der Waals surface area contributed by atoms with Gasteiger partial charge in [0.25, 0.3) is 0 Å². The molecule has 9 heavy (non-hydrogen) atoms. The maximum absolute atomic E-state index is 5.47. The van der Waals surface area contributed by atoms with E-state index in [4.69, 9.17) is 4.74 Å². The topological polar surface area (TPSA) is 21.3 Å². The Hall–Kier alpha value is -0.0800. The molecule has 2 heteroatoms. The highest BCUT2D eigenvalue weighted by Crippen LogP contribution is 2.46. The lowest BCUT2D eigenvalue weighted by Crippen LogP contribution is -2.34. The molecular formula is C7H11NO. The van der Waals surface area contributed by atoms with Crippen molar-refractivity contribution in [3.63, 3.8) is 0 Å². The highest BCUT2D eigenvalue weighted by Gasteiger charge is 2.51. The lowest BCUT2D eigenvalue weighted by Gasteiger charge is -2.16. The van der Waals surface area contributed by atoms with Gasteiger partial charge in [-0.05, 0) is 24.7 Å². The van der Waals surface area contributed by atoms with Crippen molar-refractivity contribution in [2.75, 3.05) is 6.61 Å². The van der Waals surface area contributed by atoms with Crippen LogP contribution in [-0.2, 0) is 4.74 Å². The van der Waals surface area contributed by atoms with Crippen LogP contribution in [0, 0.1) is 11.8 Å². The minimum absolute atomic E-state index is 0.429. The van der Waals surface area contributed by atoms with Crippen molar-refractivity contribution in [2.45, 2.75) is 25.1 Å². The summed E-state index contributed by atoms with van der Waals surface area (Å²) < 4.78 is 5.47. The van der Waals surface area contributed by atoms with Gasteiger partial charge in [0.2, 0.25) is 0 Å². The molecule has 0 amide bonds. The Morgan fingerprint density at radius 1 is 1.33 bits per heavy atom. The van der Waals surface area contributed by atoms with Crippen molar-refractivity contribution in [3.8, 4) is 0 Å². The number of hydrogen-bond donors (Lipinski definition) is 1. The molecule has 0 aromatic carbocycles. The maximum Gasteiger partial charge on any atom is 0.108 e. The van der Waals surface area contributed by atoms with Gasteiger partial charge in [0.15, 0.2) is 0 Å². The van der Waals surface area contributed by atoms with E-state index in [1.54, 1.807) is 0 Å². The molecule has 1 aliphatic carbocycles. The van der Waals surface area contributed by atoms with Gasteiger partial charge in [-0.2, -0.15) is 0 Å². The number of rotatable bonds is 0. The summed E-state index contributed by atoms with van der Waals surface area (Å²) in [4.78, 5) is 0. The van der Waals surface area contributed by atoms with Crippen molar-refractivity contribution in [3.05, 3.63) is 0 Å². The van der Waals surface area contributed by atoms with E-state index in [0.717, 1.165) is 24.5 Å². The second kappa shape index (κ2) is 1.32. The molecule has 3 rings (SSSR count). The minimum Gasteiger partial charge on any atom is -0.363 e. The Bertz CT molecular complexity index is 146. The Kier molecular flexibility index (Phi) is 0.691. The van der Waals surface area contributed by atoms with Crippen molar-refractivity contribution in [1.29, 1.82) is 0 Å². The van der Waals surface area contributed by atoms with Gasteiger partial charge in [0.1, 0.15) is 6.23 Å². The summed E-state index contributed by atoms with van der Waals surface area (Å²) >= 11 is 0. The standard InChI is InChI=1S/C7H11NO/c1-4-3-9-7(1)8-6-2-5(4)6/h4-8H,1-3H2. The van der Waals surface area contributed by atoms with E-state index in [0.29, 0.717) is 6.23 Å².